The Bertz CT molecular complexity index is 720. The molecule has 2 aliphatic rings. The zero-order chi connectivity index (χ0) is 18.7. The second-order valence-electron chi connectivity index (χ2n) is 6.29. The van der Waals surface area contributed by atoms with Gasteiger partial charge in [0.1, 0.15) is 6.04 Å². The number of fused-ring (bicyclic) bond motifs is 1. The number of likely N-dealkylation sites (N-methyl/N-ethyl adjacent to an activating group) is 1. The van der Waals surface area contributed by atoms with Gasteiger partial charge in [-0.3, -0.25) is 14.4 Å². The number of ether oxygens (including phenoxy) is 2. The molecule has 1 atom stereocenters. The lowest BCUT2D eigenvalue weighted by molar-refractivity contribution is -0.139. The molecule has 1 aromatic carbocycles. The Hall–Kier alpha value is -2.77. The third-order valence-electron chi connectivity index (χ3n) is 4.71. The van der Waals surface area contributed by atoms with E-state index in [0.29, 0.717) is 36.6 Å². The molecule has 140 valence electrons. The molecule has 2 amide bonds. The summed E-state index contributed by atoms with van der Waals surface area (Å²) in [6, 6.07) is 4.43. The fraction of sp³-hybridized carbons (Fsp3) is 0.500. The number of hydrogen-bond donors (Lipinski definition) is 1. The number of likely N-dealkylation sites (tertiary alicyclic amines) is 1. The number of hydrogen-bond acceptors (Lipinski definition) is 5. The predicted octanol–water partition coefficient (Wildman–Crippen LogP) is 1.34. The number of rotatable bonds is 6. The average molecular weight is 362 g/mol. The summed E-state index contributed by atoms with van der Waals surface area (Å²) in [5.74, 6) is -0.249. The summed E-state index contributed by atoms with van der Waals surface area (Å²) in [4.78, 5) is 39.6. The van der Waals surface area contributed by atoms with Gasteiger partial charge >= 0.3 is 5.97 Å². The van der Waals surface area contributed by atoms with Crippen LogP contribution < -0.4 is 9.47 Å². The molecule has 0 aromatic heterocycles. The van der Waals surface area contributed by atoms with Crippen molar-refractivity contribution in [2.75, 3.05) is 26.4 Å². The van der Waals surface area contributed by atoms with E-state index >= 15 is 0 Å². The molecule has 1 saturated heterocycles. The molecule has 2 aliphatic heterocycles. The highest BCUT2D eigenvalue weighted by Crippen LogP contribution is 2.33. The lowest BCUT2D eigenvalue weighted by atomic mass is 10.1. The van der Waals surface area contributed by atoms with E-state index in [1.807, 2.05) is 0 Å². The number of carbonyl (C=O) groups is 3. The minimum absolute atomic E-state index is 0.109. The van der Waals surface area contributed by atoms with E-state index in [0.717, 1.165) is 6.42 Å². The molecular formula is C18H22N2O6. The Morgan fingerprint density at radius 3 is 2.77 bits per heavy atom. The number of amides is 2. The van der Waals surface area contributed by atoms with E-state index in [1.165, 1.54) is 4.90 Å². The van der Waals surface area contributed by atoms with Crippen LogP contribution in [0.25, 0.3) is 0 Å². The first kappa shape index (κ1) is 18.0. The minimum Gasteiger partial charge on any atom is -0.481 e. The topological polar surface area (TPSA) is 96.4 Å². The molecule has 1 N–H and O–H groups in total. The van der Waals surface area contributed by atoms with Crippen LogP contribution in [-0.4, -0.2) is 65.2 Å². The maximum atomic E-state index is 12.9. The van der Waals surface area contributed by atoms with Gasteiger partial charge in [0.2, 0.25) is 12.7 Å². The first-order valence-corrected chi connectivity index (χ1v) is 8.72. The van der Waals surface area contributed by atoms with Crippen molar-refractivity contribution in [1.82, 2.24) is 9.80 Å². The van der Waals surface area contributed by atoms with E-state index in [1.54, 1.807) is 30.0 Å². The summed E-state index contributed by atoms with van der Waals surface area (Å²) in [5.41, 5.74) is 0.447. The van der Waals surface area contributed by atoms with Crippen molar-refractivity contribution < 1.29 is 29.0 Å². The minimum atomic E-state index is -0.948. The highest BCUT2D eigenvalue weighted by molar-refractivity contribution is 5.98. The van der Waals surface area contributed by atoms with Crippen LogP contribution in [0.15, 0.2) is 18.2 Å². The number of carbonyl (C=O) groups excluding carboxylic acids is 2. The van der Waals surface area contributed by atoms with E-state index in [2.05, 4.69) is 0 Å². The van der Waals surface area contributed by atoms with Gasteiger partial charge in [-0.15, -0.1) is 0 Å². The molecule has 0 aliphatic carbocycles. The molecule has 0 radical (unpaired) electrons. The van der Waals surface area contributed by atoms with Crippen LogP contribution in [0.1, 0.15) is 36.5 Å². The summed E-state index contributed by atoms with van der Waals surface area (Å²) >= 11 is 0. The SMILES string of the molecule is CCN(CCC(=O)O)C(=O)C1CCCN1C(=O)c1ccc2c(c1)OCO2. The van der Waals surface area contributed by atoms with Crippen LogP contribution >= 0.6 is 0 Å². The van der Waals surface area contributed by atoms with Gasteiger partial charge in [-0.2, -0.15) is 0 Å². The lowest BCUT2D eigenvalue weighted by Crippen LogP contribution is -2.48. The Morgan fingerprint density at radius 1 is 1.27 bits per heavy atom. The summed E-state index contributed by atoms with van der Waals surface area (Å²) in [6.45, 7) is 2.99. The maximum absolute atomic E-state index is 12.9. The largest absolute Gasteiger partial charge is 0.481 e. The summed E-state index contributed by atoms with van der Waals surface area (Å²) in [6.07, 6.45) is 1.21. The molecule has 1 unspecified atom stereocenters. The smallest absolute Gasteiger partial charge is 0.305 e. The number of carboxylic acids is 1. The third kappa shape index (κ3) is 3.58. The summed E-state index contributed by atoms with van der Waals surface area (Å²) < 4.78 is 10.6. The molecule has 0 spiro atoms. The molecule has 0 saturated carbocycles. The summed E-state index contributed by atoms with van der Waals surface area (Å²) in [5, 5.41) is 8.85. The van der Waals surface area contributed by atoms with Crippen LogP contribution in [-0.2, 0) is 9.59 Å². The fourth-order valence-electron chi connectivity index (χ4n) is 3.33. The molecule has 3 rings (SSSR count). The number of carboxylic acid groups (broad SMARTS) is 1. The van der Waals surface area contributed by atoms with Gasteiger partial charge in [-0.25, -0.2) is 0 Å². The standard InChI is InChI=1S/C18H22N2O6/c1-2-19(9-7-16(21)22)18(24)13-4-3-8-20(13)17(23)12-5-6-14-15(10-12)26-11-25-14/h5-6,10,13H,2-4,7-9,11H2,1H3,(H,21,22). The van der Waals surface area contributed by atoms with Crippen molar-refractivity contribution in [1.29, 1.82) is 0 Å². The molecule has 8 nitrogen and oxygen atoms in total. The number of nitrogens with zero attached hydrogens (tertiary/aromatic N) is 2. The predicted molar refractivity (Wildman–Crippen MR) is 91.1 cm³/mol. The van der Waals surface area contributed by atoms with Crippen LogP contribution in [0, 0.1) is 0 Å². The zero-order valence-corrected chi connectivity index (χ0v) is 14.6. The van der Waals surface area contributed by atoms with E-state index in [9.17, 15) is 14.4 Å². The first-order chi connectivity index (χ1) is 12.5. The molecule has 2 heterocycles. The van der Waals surface area contributed by atoms with E-state index in [-0.39, 0.29) is 31.6 Å². The van der Waals surface area contributed by atoms with Crippen molar-refractivity contribution >= 4 is 17.8 Å². The quantitative estimate of drug-likeness (QED) is 0.820. The second-order valence-corrected chi connectivity index (χ2v) is 6.29. The van der Waals surface area contributed by atoms with Crippen molar-refractivity contribution in [3.05, 3.63) is 23.8 Å². The Balaban J connectivity index is 1.73. The highest BCUT2D eigenvalue weighted by atomic mass is 16.7. The van der Waals surface area contributed by atoms with Crippen molar-refractivity contribution in [3.8, 4) is 11.5 Å². The van der Waals surface area contributed by atoms with Gasteiger partial charge in [0, 0.05) is 25.2 Å². The molecule has 1 fully saturated rings. The van der Waals surface area contributed by atoms with Gasteiger partial charge in [-0.05, 0) is 38.0 Å². The molecule has 0 bridgehead atoms. The molecule has 1 aromatic rings. The van der Waals surface area contributed by atoms with Gasteiger partial charge in [0.15, 0.2) is 11.5 Å². The Labute approximate surface area is 151 Å². The van der Waals surface area contributed by atoms with Crippen LogP contribution in [0.4, 0.5) is 0 Å². The zero-order valence-electron chi connectivity index (χ0n) is 14.6. The van der Waals surface area contributed by atoms with Gasteiger partial charge < -0.3 is 24.4 Å². The molecule has 8 heteroatoms. The maximum Gasteiger partial charge on any atom is 0.305 e. The monoisotopic (exact) mass is 362 g/mol. The Morgan fingerprint density at radius 2 is 2.04 bits per heavy atom. The van der Waals surface area contributed by atoms with Crippen LogP contribution in [0.3, 0.4) is 0 Å². The van der Waals surface area contributed by atoms with Gasteiger partial charge in [0.05, 0.1) is 6.42 Å². The normalized spacial score (nSPS) is 18.0. The second kappa shape index (κ2) is 7.63. The van der Waals surface area contributed by atoms with Crippen molar-refractivity contribution in [3.63, 3.8) is 0 Å². The number of aliphatic carboxylic acids is 1. The number of benzene rings is 1. The van der Waals surface area contributed by atoms with E-state index in [4.69, 9.17) is 14.6 Å². The first-order valence-electron chi connectivity index (χ1n) is 8.72. The van der Waals surface area contributed by atoms with Gasteiger partial charge in [-0.1, -0.05) is 0 Å². The van der Waals surface area contributed by atoms with Crippen molar-refractivity contribution in [2.24, 2.45) is 0 Å². The van der Waals surface area contributed by atoms with Crippen LogP contribution in [0.5, 0.6) is 11.5 Å². The Kier molecular flexibility index (Phi) is 5.29. The van der Waals surface area contributed by atoms with Crippen molar-refractivity contribution in [2.45, 2.75) is 32.2 Å². The molecular weight excluding hydrogens is 340 g/mol. The summed E-state index contributed by atoms with van der Waals surface area (Å²) in [7, 11) is 0. The molecule has 26 heavy (non-hydrogen) atoms. The fourth-order valence-corrected chi connectivity index (χ4v) is 3.33. The van der Waals surface area contributed by atoms with Gasteiger partial charge in [0.25, 0.3) is 5.91 Å². The highest BCUT2D eigenvalue weighted by Gasteiger charge is 2.37. The average Bonchev–Trinajstić information content (AvgIpc) is 3.29. The lowest BCUT2D eigenvalue weighted by Gasteiger charge is -2.29. The van der Waals surface area contributed by atoms with E-state index < -0.39 is 12.0 Å². The third-order valence-corrected chi connectivity index (χ3v) is 4.71. The van der Waals surface area contributed by atoms with Crippen LogP contribution in [0.2, 0.25) is 0 Å².